The summed E-state index contributed by atoms with van der Waals surface area (Å²) in [6.07, 6.45) is 4.98. The van der Waals surface area contributed by atoms with Gasteiger partial charge in [-0.2, -0.15) is 23.6 Å². The van der Waals surface area contributed by atoms with Crippen molar-refractivity contribution in [3.63, 3.8) is 0 Å². The van der Waals surface area contributed by atoms with Gasteiger partial charge in [0.2, 0.25) is 23.0 Å². The average molecular weight is 1050 g/mol. The van der Waals surface area contributed by atoms with E-state index in [-0.39, 0.29) is 41.1 Å². The highest BCUT2D eigenvalue weighted by Crippen LogP contribution is 2.48. The van der Waals surface area contributed by atoms with Crippen LogP contribution in [0, 0.1) is 6.92 Å². The maximum Gasteiger partial charge on any atom is 0.347 e. The number of benzene rings is 9. The van der Waals surface area contributed by atoms with Gasteiger partial charge >= 0.3 is 5.75 Å². The van der Waals surface area contributed by atoms with Gasteiger partial charge in [0.15, 0.2) is 35.4 Å². The molecule has 9 N–H and O–H groups in total. The summed E-state index contributed by atoms with van der Waals surface area (Å²) in [6, 6.07) is 43.5. The Balaban J connectivity index is 1.24. The van der Waals surface area contributed by atoms with Crippen LogP contribution in [0.1, 0.15) is 12.5 Å². The zero-order valence-corrected chi connectivity index (χ0v) is 41.2. The lowest BCUT2D eigenvalue weighted by molar-refractivity contribution is -0.357. The van der Waals surface area contributed by atoms with Gasteiger partial charge < -0.3 is 29.0 Å². The predicted molar refractivity (Wildman–Crippen MR) is 279 cm³/mol. The molecule has 9 rings (SSSR count). The molecular weight excluding hydrogens is 1000 g/mol. The van der Waals surface area contributed by atoms with Crippen molar-refractivity contribution in [3.05, 3.63) is 187 Å². The predicted octanol–water partition coefficient (Wildman–Crippen LogP) is 10.6. The molecule has 0 heterocycles. The molecule has 0 spiro atoms. The van der Waals surface area contributed by atoms with E-state index in [0.717, 1.165) is 5.56 Å². The summed E-state index contributed by atoms with van der Waals surface area (Å²) >= 11 is 0. The van der Waals surface area contributed by atoms with Crippen molar-refractivity contribution >= 4 is 32.3 Å². The highest BCUT2D eigenvalue weighted by atomic mass is 17.2. The van der Waals surface area contributed by atoms with E-state index in [0.29, 0.717) is 89.8 Å². The van der Waals surface area contributed by atoms with Gasteiger partial charge in [-0.05, 0) is 198 Å². The second-order valence-electron chi connectivity index (χ2n) is 16.2. The Morgan fingerprint density at radius 1 is 0.403 bits per heavy atom. The number of methoxy groups -OCH3 is 1. The molecule has 0 saturated heterocycles. The lowest BCUT2D eigenvalue weighted by atomic mass is 9.93. The van der Waals surface area contributed by atoms with E-state index in [1.165, 1.54) is 0 Å². The number of aromatic hydroxyl groups is 1. The van der Waals surface area contributed by atoms with Gasteiger partial charge in [-0.25, -0.2) is 0 Å². The summed E-state index contributed by atoms with van der Waals surface area (Å²) in [5.74, 6) is 25.9. The summed E-state index contributed by atoms with van der Waals surface area (Å²) in [5, 5.41) is 3.36. The fourth-order valence-corrected chi connectivity index (χ4v) is 7.35. The van der Waals surface area contributed by atoms with E-state index in [2.05, 4.69) is 4.89 Å². The first-order chi connectivity index (χ1) is 37.7. The lowest BCUT2D eigenvalue weighted by Gasteiger charge is -2.18. The van der Waals surface area contributed by atoms with E-state index in [9.17, 15) is 0 Å². The minimum absolute atomic E-state index is 0.00249. The van der Waals surface area contributed by atoms with Gasteiger partial charge in [-0.1, -0.05) is 22.6 Å². The molecule has 394 valence electrons. The van der Waals surface area contributed by atoms with Crippen LogP contribution in [0.5, 0.6) is 86.2 Å². The third-order valence-electron chi connectivity index (χ3n) is 11.3. The summed E-state index contributed by atoms with van der Waals surface area (Å²) < 4.78 is 5.34. The second kappa shape index (κ2) is 24.7. The van der Waals surface area contributed by atoms with Crippen LogP contribution in [0.15, 0.2) is 182 Å². The molecule has 0 fully saturated rings. The smallest absolute Gasteiger partial charge is 0.347 e. The van der Waals surface area contributed by atoms with Gasteiger partial charge in [-0.15, -0.1) is 0 Å². The van der Waals surface area contributed by atoms with Crippen LogP contribution in [0.4, 0.5) is 0 Å². The molecule has 0 aliphatic carbocycles. The van der Waals surface area contributed by atoms with Crippen LogP contribution in [-0.2, 0) is 9.73 Å². The molecule has 0 atom stereocenters. The van der Waals surface area contributed by atoms with Gasteiger partial charge in [0.05, 0.1) is 13.2 Å². The number of rotatable bonds is 25. The van der Waals surface area contributed by atoms with Crippen LogP contribution in [-0.4, -0.2) is 18.6 Å². The number of fused-ring (bicyclic) bond motifs is 6. The fraction of sp³-hybridized carbons (Fsp3) is 0.0714. The van der Waals surface area contributed by atoms with Crippen molar-refractivity contribution in [1.82, 2.24) is 0 Å². The zero-order valence-electron chi connectivity index (χ0n) is 41.2. The molecule has 0 radical (unpaired) electrons. The van der Waals surface area contributed by atoms with Gasteiger partial charge in [0.25, 0.3) is 5.75 Å². The molecule has 21 nitrogen and oxygen atoms in total. The number of hydrogen-bond donors (Lipinski definition) is 4. The Morgan fingerprint density at radius 3 is 1.05 bits per heavy atom. The fourth-order valence-electron chi connectivity index (χ4n) is 7.35. The van der Waals surface area contributed by atoms with Crippen molar-refractivity contribution in [3.8, 4) is 86.2 Å². The Hall–Kier alpha value is -10.2. The first kappa shape index (κ1) is 51.7. The van der Waals surface area contributed by atoms with Gasteiger partial charge in [-0.3, -0.25) is 48.9 Å². The molecule has 0 aliphatic rings. The van der Waals surface area contributed by atoms with E-state index in [4.69, 9.17) is 101 Å². The molecular formula is C56H49N4O17+. The average Bonchev–Trinajstić information content (AvgIpc) is 3.55. The first-order valence-corrected chi connectivity index (χ1v) is 23.2. The second-order valence-corrected chi connectivity index (χ2v) is 16.2. The molecule has 21 heteroatoms. The quantitative estimate of drug-likeness (QED) is 0.00788. The van der Waals surface area contributed by atoms with E-state index >= 15 is 0 Å². The topological polar surface area (TPSA) is 265 Å². The number of allylic oxidation sites excluding steroid dienone is 2. The maximum absolute atomic E-state index is 6.09. The number of ether oxygens (including phenoxy) is 1. The highest BCUT2D eigenvalue weighted by molar-refractivity contribution is 6.26. The van der Waals surface area contributed by atoms with Crippen molar-refractivity contribution < 1.29 is 82.7 Å². The normalized spacial score (nSPS) is 11.2. The molecule has 0 aromatic heterocycles. The summed E-state index contributed by atoms with van der Waals surface area (Å²) in [4.78, 5) is 89.4. The molecule has 9 aromatic carbocycles. The minimum Gasteiger partial charge on any atom is -0.497 e. The van der Waals surface area contributed by atoms with Crippen LogP contribution in [0.3, 0.4) is 0 Å². The standard InChI is InChI=1S/C56H48N4O17/c1-4-35(63-57)6-5-27-62-72-51-28-45-46(29-52(51)73-69-42-21-13-37(64-58)14-22-42)48-31-56(77-71-44-25-17-39(66-60)18-26-44)55(75-68-41-19-11-36(61-3)12-20-41)33-50(48)49-32-53(74-67-40-9-7-34(2)8-10-40)54(30-47(45)49)76-70-43-23-15-38(65-59)16-24-43/h4-26,28-33H,27,57-60H2,1-3H3/p+1/b6-5-,35-4+. The Bertz CT molecular complexity index is 3490. The maximum atomic E-state index is 6.09. The third kappa shape index (κ3) is 12.8. The Morgan fingerprint density at radius 2 is 0.714 bits per heavy atom. The van der Waals surface area contributed by atoms with Crippen LogP contribution < -0.4 is 91.7 Å². The van der Waals surface area contributed by atoms with Crippen LogP contribution >= 0.6 is 0 Å². The molecule has 0 bridgehead atoms. The number of hydrogen-bond acceptors (Lipinski definition) is 20. The van der Waals surface area contributed by atoms with Crippen molar-refractivity contribution in [2.24, 2.45) is 23.6 Å². The van der Waals surface area contributed by atoms with E-state index in [1.807, 2.05) is 19.1 Å². The molecule has 0 amide bonds. The Kier molecular flexibility index (Phi) is 16.6. The largest absolute Gasteiger partial charge is 0.497 e. The summed E-state index contributed by atoms with van der Waals surface area (Å²) in [6.45, 7) is 3.72. The van der Waals surface area contributed by atoms with Crippen LogP contribution in [0.2, 0.25) is 0 Å². The molecule has 0 unspecified atom stereocenters. The number of aryl methyl sites for hydroxylation is 1. The Labute approximate surface area is 438 Å². The summed E-state index contributed by atoms with van der Waals surface area (Å²) in [5.41, 5.74) is 1.01. The molecule has 0 aliphatic heterocycles. The summed E-state index contributed by atoms with van der Waals surface area (Å²) in [7, 11) is 1.56. The van der Waals surface area contributed by atoms with E-state index in [1.54, 1.807) is 178 Å². The minimum atomic E-state index is -0.00249. The molecule has 9 aromatic rings. The molecule has 77 heavy (non-hydrogen) atoms. The molecule has 0 saturated carbocycles. The van der Waals surface area contributed by atoms with Gasteiger partial charge in [0.1, 0.15) is 28.8 Å². The van der Waals surface area contributed by atoms with Crippen LogP contribution in [0.25, 0.3) is 32.3 Å². The number of nitrogens with two attached hydrogens (primary N) is 4. The van der Waals surface area contributed by atoms with Crippen molar-refractivity contribution in [2.45, 2.75) is 13.8 Å². The van der Waals surface area contributed by atoms with E-state index < -0.39 is 0 Å². The SMILES string of the molecule is C/C=C(\C=C/CO[OH+]c1cc2c3cc(OOc4ccc(ON)cc4)c(OOc4ccc(C)cc4)cc3c3cc(OOc4ccc(OC)cc4)c(OOc4ccc(ON)cc4)cc3c2cc1OOc1ccc(ON)cc1)ON. The monoisotopic (exact) mass is 1050 g/mol. The third-order valence-corrected chi connectivity index (χ3v) is 11.3. The van der Waals surface area contributed by atoms with Crippen molar-refractivity contribution in [2.75, 3.05) is 13.7 Å². The van der Waals surface area contributed by atoms with Crippen molar-refractivity contribution in [1.29, 1.82) is 0 Å². The van der Waals surface area contributed by atoms with Gasteiger partial charge in [0, 0.05) is 6.07 Å². The first-order valence-electron chi connectivity index (χ1n) is 23.2. The zero-order chi connectivity index (χ0) is 53.5. The lowest BCUT2D eigenvalue weighted by Crippen LogP contribution is -2.07. The highest BCUT2D eigenvalue weighted by Gasteiger charge is 2.25.